The van der Waals surface area contributed by atoms with Crippen molar-refractivity contribution < 1.29 is 14.3 Å². The van der Waals surface area contributed by atoms with Crippen LogP contribution in [0.15, 0.2) is 60.0 Å². The van der Waals surface area contributed by atoms with Gasteiger partial charge in [-0.2, -0.15) is 0 Å². The van der Waals surface area contributed by atoms with E-state index in [-0.39, 0.29) is 18.2 Å². The quantitative estimate of drug-likeness (QED) is 0.613. The molecule has 7 heteroatoms. The Balaban J connectivity index is 1.46. The van der Waals surface area contributed by atoms with Crippen LogP contribution in [-0.2, 0) is 17.6 Å². The van der Waals surface area contributed by atoms with Gasteiger partial charge >= 0.3 is 0 Å². The van der Waals surface area contributed by atoms with Crippen molar-refractivity contribution in [1.29, 1.82) is 0 Å². The average Bonchev–Trinajstić information content (AvgIpc) is 3.17. The van der Waals surface area contributed by atoms with Crippen LogP contribution < -0.4 is 15.4 Å². The highest BCUT2D eigenvalue weighted by Crippen LogP contribution is 2.16. The van der Waals surface area contributed by atoms with E-state index in [1.165, 1.54) is 11.3 Å². The van der Waals surface area contributed by atoms with E-state index in [4.69, 9.17) is 4.74 Å². The zero-order chi connectivity index (χ0) is 19.8. The maximum absolute atomic E-state index is 12.2. The zero-order valence-electron chi connectivity index (χ0n) is 15.5. The summed E-state index contributed by atoms with van der Waals surface area (Å²) < 4.78 is 5.13. The Morgan fingerprint density at radius 2 is 1.79 bits per heavy atom. The lowest BCUT2D eigenvalue weighted by atomic mass is 10.1. The lowest BCUT2D eigenvalue weighted by Gasteiger charge is -2.05. The van der Waals surface area contributed by atoms with Crippen molar-refractivity contribution in [1.82, 2.24) is 10.3 Å². The molecule has 0 aliphatic carbocycles. The van der Waals surface area contributed by atoms with E-state index in [1.807, 2.05) is 54.6 Å². The molecule has 0 saturated heterocycles. The standard InChI is InChI=1S/C21H21N3O3S/c1-27-17-9-7-15(8-10-17)11-12-22-20(26)18-14-28-21(23-18)24-19(25)13-16-5-3-2-4-6-16/h2-10,14H,11-13H2,1H3,(H,22,26)(H,23,24,25). The Morgan fingerprint density at radius 1 is 1.04 bits per heavy atom. The number of benzene rings is 2. The Kier molecular flexibility index (Phi) is 6.75. The number of hydrogen-bond acceptors (Lipinski definition) is 5. The highest BCUT2D eigenvalue weighted by Gasteiger charge is 2.12. The van der Waals surface area contributed by atoms with Crippen molar-refractivity contribution >= 4 is 28.3 Å². The van der Waals surface area contributed by atoms with Gasteiger partial charge < -0.3 is 15.4 Å². The molecule has 0 atom stereocenters. The van der Waals surface area contributed by atoms with Crippen LogP contribution in [0.25, 0.3) is 0 Å². The molecule has 0 aliphatic heterocycles. The summed E-state index contributed by atoms with van der Waals surface area (Å²) in [7, 11) is 1.63. The number of nitrogens with zero attached hydrogens (tertiary/aromatic N) is 1. The smallest absolute Gasteiger partial charge is 0.270 e. The number of ether oxygens (including phenoxy) is 1. The van der Waals surface area contributed by atoms with Gasteiger partial charge in [-0.15, -0.1) is 11.3 Å². The molecule has 28 heavy (non-hydrogen) atoms. The number of amides is 2. The van der Waals surface area contributed by atoms with E-state index in [9.17, 15) is 9.59 Å². The SMILES string of the molecule is COc1ccc(CCNC(=O)c2csc(NC(=O)Cc3ccccc3)n2)cc1. The van der Waals surface area contributed by atoms with E-state index in [2.05, 4.69) is 15.6 Å². The van der Waals surface area contributed by atoms with Gasteiger partial charge in [-0.25, -0.2) is 4.98 Å². The minimum atomic E-state index is -0.256. The van der Waals surface area contributed by atoms with E-state index < -0.39 is 0 Å². The Hall–Kier alpha value is -3.19. The van der Waals surface area contributed by atoms with Crippen LogP contribution in [0.1, 0.15) is 21.6 Å². The fourth-order valence-corrected chi connectivity index (χ4v) is 3.29. The number of nitrogens with one attached hydrogen (secondary N) is 2. The molecular formula is C21H21N3O3S. The molecule has 144 valence electrons. The third-order valence-corrected chi connectivity index (χ3v) is 4.81. The van der Waals surface area contributed by atoms with Gasteiger partial charge in [0.2, 0.25) is 5.91 Å². The first kappa shape index (κ1) is 19.6. The highest BCUT2D eigenvalue weighted by molar-refractivity contribution is 7.14. The van der Waals surface area contributed by atoms with E-state index in [0.717, 1.165) is 16.9 Å². The van der Waals surface area contributed by atoms with Crippen molar-refractivity contribution in [2.75, 3.05) is 19.0 Å². The second kappa shape index (κ2) is 9.66. The largest absolute Gasteiger partial charge is 0.497 e. The maximum atomic E-state index is 12.2. The topological polar surface area (TPSA) is 80.3 Å². The normalized spacial score (nSPS) is 10.3. The maximum Gasteiger partial charge on any atom is 0.270 e. The predicted molar refractivity (Wildman–Crippen MR) is 110 cm³/mol. The monoisotopic (exact) mass is 395 g/mol. The van der Waals surface area contributed by atoms with Crippen molar-refractivity contribution in [2.45, 2.75) is 12.8 Å². The van der Waals surface area contributed by atoms with Crippen LogP contribution in [0, 0.1) is 0 Å². The summed E-state index contributed by atoms with van der Waals surface area (Å²) in [6.07, 6.45) is 0.977. The van der Waals surface area contributed by atoms with Gasteiger partial charge in [0, 0.05) is 11.9 Å². The summed E-state index contributed by atoms with van der Waals surface area (Å²) in [4.78, 5) is 28.5. The predicted octanol–water partition coefficient (Wildman–Crippen LogP) is 3.31. The van der Waals surface area contributed by atoms with Crippen molar-refractivity contribution in [3.8, 4) is 5.75 Å². The van der Waals surface area contributed by atoms with Crippen LogP contribution in [0.3, 0.4) is 0 Å². The first-order valence-corrected chi connectivity index (χ1v) is 9.72. The second-order valence-electron chi connectivity index (χ2n) is 6.10. The van der Waals surface area contributed by atoms with Crippen LogP contribution >= 0.6 is 11.3 Å². The molecule has 1 aromatic heterocycles. The number of methoxy groups -OCH3 is 1. The van der Waals surface area contributed by atoms with E-state index >= 15 is 0 Å². The third-order valence-electron chi connectivity index (χ3n) is 4.05. The number of carbonyl (C=O) groups is 2. The third kappa shape index (κ3) is 5.65. The van der Waals surface area contributed by atoms with Gasteiger partial charge in [0.1, 0.15) is 11.4 Å². The fourth-order valence-electron chi connectivity index (χ4n) is 2.58. The van der Waals surface area contributed by atoms with Crippen LogP contribution in [0.4, 0.5) is 5.13 Å². The number of thiazole rings is 1. The first-order chi connectivity index (χ1) is 13.6. The Bertz CT molecular complexity index is 924. The van der Waals surface area contributed by atoms with Crippen LogP contribution in [0.2, 0.25) is 0 Å². The molecule has 0 bridgehead atoms. The molecule has 0 saturated carbocycles. The summed E-state index contributed by atoms with van der Waals surface area (Å²) in [5.41, 5.74) is 2.33. The number of carbonyl (C=O) groups excluding carboxylic acids is 2. The molecule has 0 radical (unpaired) electrons. The van der Waals surface area contributed by atoms with Gasteiger partial charge in [-0.1, -0.05) is 42.5 Å². The minimum absolute atomic E-state index is 0.160. The van der Waals surface area contributed by atoms with Gasteiger partial charge in [0.15, 0.2) is 5.13 Å². The number of hydrogen-bond donors (Lipinski definition) is 2. The van der Waals surface area contributed by atoms with Crippen LogP contribution in [0.5, 0.6) is 5.75 Å². The molecule has 2 amide bonds. The van der Waals surface area contributed by atoms with E-state index in [1.54, 1.807) is 12.5 Å². The van der Waals surface area contributed by atoms with Crippen LogP contribution in [-0.4, -0.2) is 30.5 Å². The summed E-state index contributed by atoms with van der Waals surface area (Å²) in [6, 6.07) is 17.2. The van der Waals surface area contributed by atoms with Crippen molar-refractivity contribution in [3.63, 3.8) is 0 Å². The van der Waals surface area contributed by atoms with Gasteiger partial charge in [-0.3, -0.25) is 9.59 Å². The van der Waals surface area contributed by atoms with Gasteiger partial charge in [-0.05, 0) is 29.7 Å². The lowest BCUT2D eigenvalue weighted by Crippen LogP contribution is -2.26. The summed E-state index contributed by atoms with van der Waals surface area (Å²) >= 11 is 1.23. The highest BCUT2D eigenvalue weighted by atomic mass is 32.1. The molecule has 0 unspecified atom stereocenters. The molecule has 0 fully saturated rings. The number of rotatable bonds is 8. The van der Waals surface area contributed by atoms with E-state index in [0.29, 0.717) is 23.8 Å². The average molecular weight is 395 g/mol. The van der Waals surface area contributed by atoms with Gasteiger partial charge in [0.25, 0.3) is 5.91 Å². The van der Waals surface area contributed by atoms with Gasteiger partial charge in [0.05, 0.1) is 13.5 Å². The lowest BCUT2D eigenvalue weighted by molar-refractivity contribution is -0.115. The molecule has 3 aromatic rings. The fraction of sp³-hybridized carbons (Fsp3) is 0.190. The molecule has 2 N–H and O–H groups in total. The molecule has 6 nitrogen and oxygen atoms in total. The molecule has 1 heterocycles. The molecular weight excluding hydrogens is 374 g/mol. The zero-order valence-corrected chi connectivity index (χ0v) is 16.3. The summed E-state index contributed by atoms with van der Waals surface area (Å²) in [5, 5.41) is 7.64. The summed E-state index contributed by atoms with van der Waals surface area (Å²) in [5.74, 6) is 0.387. The van der Waals surface area contributed by atoms with Crippen molar-refractivity contribution in [2.24, 2.45) is 0 Å². The molecule has 0 spiro atoms. The minimum Gasteiger partial charge on any atom is -0.497 e. The second-order valence-corrected chi connectivity index (χ2v) is 6.96. The molecule has 2 aromatic carbocycles. The number of aromatic nitrogens is 1. The molecule has 3 rings (SSSR count). The summed E-state index contributed by atoms with van der Waals surface area (Å²) in [6.45, 7) is 0.498. The Labute approximate surface area is 167 Å². The van der Waals surface area contributed by atoms with Crippen molar-refractivity contribution in [3.05, 3.63) is 76.8 Å². The Morgan fingerprint density at radius 3 is 2.50 bits per heavy atom. The first-order valence-electron chi connectivity index (χ1n) is 8.84. The molecule has 0 aliphatic rings. The number of anilines is 1.